The average molecular weight is 349 g/mol. The smallest absolute Gasteiger partial charge is 0.192 e. The Bertz CT molecular complexity index is 341. The van der Waals surface area contributed by atoms with Gasteiger partial charge in [0, 0.05) is 12.5 Å². The molecule has 0 aromatic carbocycles. The minimum atomic E-state index is -1.87. The number of hydrogen-bond donors (Lipinski definition) is 1. The zero-order chi connectivity index (χ0) is 18.0. The molecule has 0 bridgehead atoms. The third-order valence-corrected chi connectivity index (χ3v) is 14.6. The van der Waals surface area contributed by atoms with Crippen LogP contribution in [0.15, 0.2) is 0 Å². The van der Waals surface area contributed by atoms with E-state index in [2.05, 4.69) is 74.7 Å². The van der Waals surface area contributed by atoms with Gasteiger partial charge in [-0.15, -0.1) is 0 Å². The van der Waals surface area contributed by atoms with Gasteiger partial charge in [-0.25, -0.2) is 0 Å². The fourth-order valence-corrected chi connectivity index (χ4v) is 4.08. The molecule has 1 N–H and O–H groups in total. The van der Waals surface area contributed by atoms with E-state index in [0.717, 1.165) is 0 Å². The van der Waals surface area contributed by atoms with Gasteiger partial charge in [-0.2, -0.15) is 0 Å². The summed E-state index contributed by atoms with van der Waals surface area (Å²) in [6.07, 6.45) is -0.134. The van der Waals surface area contributed by atoms with Crippen LogP contribution in [-0.4, -0.2) is 41.1 Å². The lowest BCUT2D eigenvalue weighted by Crippen LogP contribution is -2.48. The van der Waals surface area contributed by atoms with E-state index in [9.17, 15) is 5.11 Å². The molecule has 0 fully saturated rings. The summed E-state index contributed by atoms with van der Waals surface area (Å²) in [5.74, 6) is 0.202. The van der Waals surface area contributed by atoms with Crippen molar-refractivity contribution in [2.24, 2.45) is 5.92 Å². The Hall–Kier alpha value is 0.314. The highest BCUT2D eigenvalue weighted by molar-refractivity contribution is 6.74. The summed E-state index contributed by atoms with van der Waals surface area (Å²) < 4.78 is 12.7. The molecule has 0 spiro atoms. The lowest BCUT2D eigenvalue weighted by Gasteiger charge is -2.41. The minimum absolute atomic E-state index is 0.0640. The fourth-order valence-electron chi connectivity index (χ4n) is 1.55. The van der Waals surface area contributed by atoms with Crippen LogP contribution in [0.25, 0.3) is 0 Å². The number of aliphatic hydroxyl groups excluding tert-OH is 1. The van der Waals surface area contributed by atoms with Crippen LogP contribution in [0, 0.1) is 5.92 Å². The number of aliphatic hydroxyl groups is 1. The molecule has 22 heavy (non-hydrogen) atoms. The van der Waals surface area contributed by atoms with Crippen molar-refractivity contribution >= 4 is 16.6 Å². The molecule has 3 nitrogen and oxygen atoms in total. The number of rotatable bonds is 7. The molecule has 0 rings (SSSR count). The first kappa shape index (κ1) is 22.3. The van der Waals surface area contributed by atoms with Gasteiger partial charge in [-0.05, 0) is 36.3 Å². The van der Waals surface area contributed by atoms with Gasteiger partial charge in [0.2, 0.25) is 0 Å². The van der Waals surface area contributed by atoms with E-state index in [1.807, 2.05) is 0 Å². The molecule has 2 atom stereocenters. The zero-order valence-electron chi connectivity index (χ0n) is 16.8. The van der Waals surface area contributed by atoms with Crippen LogP contribution in [0.5, 0.6) is 0 Å². The standard InChI is InChI=1S/C17H40O3Si2/c1-14(13-19-21(8,9)16(2,3)4)15(12-18)20-22(10,11)17(5,6)7/h14-15,18H,12-13H2,1-11H3/t14-,15+/m1/s1. The third kappa shape index (κ3) is 6.08. The molecule has 0 aliphatic carbocycles. The van der Waals surface area contributed by atoms with Crippen molar-refractivity contribution in [1.29, 1.82) is 0 Å². The quantitative estimate of drug-likeness (QED) is 0.656. The Morgan fingerprint density at radius 1 is 0.864 bits per heavy atom. The number of hydrogen-bond acceptors (Lipinski definition) is 3. The Morgan fingerprint density at radius 2 is 1.27 bits per heavy atom. The lowest BCUT2D eigenvalue weighted by atomic mass is 10.1. The normalized spacial score (nSPS) is 17.5. The van der Waals surface area contributed by atoms with Crippen molar-refractivity contribution in [3.05, 3.63) is 0 Å². The van der Waals surface area contributed by atoms with Crippen LogP contribution in [0.4, 0.5) is 0 Å². The molecule has 0 aromatic heterocycles. The first-order chi connectivity index (χ1) is 9.55. The highest BCUT2D eigenvalue weighted by atomic mass is 28.4. The molecule has 0 saturated carbocycles. The molecule has 0 heterocycles. The highest BCUT2D eigenvalue weighted by Gasteiger charge is 2.41. The molecule has 0 amide bonds. The maximum Gasteiger partial charge on any atom is 0.192 e. The van der Waals surface area contributed by atoms with Gasteiger partial charge in [-0.3, -0.25) is 0 Å². The van der Waals surface area contributed by atoms with Crippen molar-refractivity contribution in [2.45, 2.75) is 90.8 Å². The van der Waals surface area contributed by atoms with Crippen molar-refractivity contribution in [3.63, 3.8) is 0 Å². The van der Waals surface area contributed by atoms with E-state index in [4.69, 9.17) is 8.85 Å². The molecule has 0 aliphatic heterocycles. The zero-order valence-corrected chi connectivity index (χ0v) is 18.8. The van der Waals surface area contributed by atoms with E-state index in [0.29, 0.717) is 6.61 Å². The highest BCUT2D eigenvalue weighted by Crippen LogP contribution is 2.39. The second kappa shape index (κ2) is 7.47. The van der Waals surface area contributed by atoms with Crippen LogP contribution < -0.4 is 0 Å². The van der Waals surface area contributed by atoms with Crippen LogP contribution in [-0.2, 0) is 8.85 Å². The second-order valence-electron chi connectivity index (χ2n) is 9.65. The second-order valence-corrected chi connectivity index (χ2v) is 19.2. The summed E-state index contributed by atoms with van der Waals surface area (Å²) >= 11 is 0. The Morgan fingerprint density at radius 3 is 1.59 bits per heavy atom. The Balaban J connectivity index is 4.79. The summed E-state index contributed by atoms with van der Waals surface area (Å²) in [6.45, 7) is 25.3. The summed E-state index contributed by atoms with van der Waals surface area (Å²) in [5, 5.41) is 10.1. The van der Waals surface area contributed by atoms with E-state index in [1.165, 1.54) is 0 Å². The summed E-state index contributed by atoms with van der Waals surface area (Å²) in [5.41, 5.74) is 0. The predicted molar refractivity (Wildman–Crippen MR) is 101 cm³/mol. The maximum absolute atomic E-state index is 9.77. The van der Waals surface area contributed by atoms with Crippen LogP contribution in [0.1, 0.15) is 48.5 Å². The monoisotopic (exact) mass is 348 g/mol. The Labute approximate surface area is 141 Å². The lowest BCUT2D eigenvalue weighted by molar-refractivity contribution is 0.0406. The summed E-state index contributed by atoms with van der Waals surface area (Å²) in [6, 6.07) is 0. The van der Waals surface area contributed by atoms with Crippen LogP contribution in [0.3, 0.4) is 0 Å². The summed E-state index contributed by atoms with van der Waals surface area (Å²) in [7, 11) is -3.61. The molecular weight excluding hydrogens is 308 g/mol. The molecular formula is C17H40O3Si2. The van der Waals surface area contributed by atoms with Gasteiger partial charge in [-0.1, -0.05) is 48.5 Å². The van der Waals surface area contributed by atoms with E-state index >= 15 is 0 Å². The molecule has 0 aliphatic rings. The van der Waals surface area contributed by atoms with Crippen LogP contribution in [0.2, 0.25) is 36.3 Å². The average Bonchev–Trinajstić information content (AvgIpc) is 2.30. The van der Waals surface area contributed by atoms with Crippen molar-refractivity contribution < 1.29 is 14.0 Å². The van der Waals surface area contributed by atoms with E-state index in [1.54, 1.807) is 0 Å². The minimum Gasteiger partial charge on any atom is -0.416 e. The molecule has 0 unspecified atom stereocenters. The molecule has 0 aromatic rings. The molecule has 0 saturated heterocycles. The van der Waals surface area contributed by atoms with Gasteiger partial charge >= 0.3 is 0 Å². The van der Waals surface area contributed by atoms with Crippen LogP contribution >= 0.6 is 0 Å². The SMILES string of the molecule is C[C@H](CO[Si](C)(C)C(C)(C)C)[C@H](CO)O[Si](C)(C)C(C)(C)C. The van der Waals surface area contributed by atoms with Gasteiger partial charge in [0.25, 0.3) is 0 Å². The molecule has 5 heteroatoms. The first-order valence-electron chi connectivity index (χ1n) is 8.48. The van der Waals surface area contributed by atoms with Gasteiger partial charge < -0.3 is 14.0 Å². The van der Waals surface area contributed by atoms with E-state index in [-0.39, 0.29) is 28.7 Å². The van der Waals surface area contributed by atoms with Gasteiger partial charge in [0.05, 0.1) is 12.7 Å². The molecule has 134 valence electrons. The van der Waals surface area contributed by atoms with Crippen molar-refractivity contribution in [3.8, 4) is 0 Å². The topological polar surface area (TPSA) is 38.7 Å². The Kier molecular flexibility index (Phi) is 7.58. The third-order valence-electron chi connectivity index (χ3n) is 5.58. The fraction of sp³-hybridized carbons (Fsp3) is 1.00. The van der Waals surface area contributed by atoms with Gasteiger partial charge in [0.1, 0.15) is 0 Å². The predicted octanol–water partition coefficient (Wildman–Crippen LogP) is 5.03. The van der Waals surface area contributed by atoms with Crippen molar-refractivity contribution in [2.75, 3.05) is 13.2 Å². The van der Waals surface area contributed by atoms with Crippen molar-refractivity contribution in [1.82, 2.24) is 0 Å². The maximum atomic E-state index is 9.77. The summed E-state index contributed by atoms with van der Waals surface area (Å²) in [4.78, 5) is 0. The van der Waals surface area contributed by atoms with Gasteiger partial charge in [0.15, 0.2) is 16.6 Å². The largest absolute Gasteiger partial charge is 0.416 e. The van der Waals surface area contributed by atoms with E-state index < -0.39 is 16.6 Å². The molecule has 0 radical (unpaired) electrons. The first-order valence-corrected chi connectivity index (χ1v) is 14.3.